The van der Waals surface area contributed by atoms with Crippen LogP contribution in [-0.4, -0.2) is 54.0 Å². The van der Waals surface area contributed by atoms with E-state index in [2.05, 4.69) is 27.3 Å². The number of benzene rings is 1. The summed E-state index contributed by atoms with van der Waals surface area (Å²) in [6.45, 7) is 12.3. The fourth-order valence-corrected chi connectivity index (χ4v) is 5.07. The van der Waals surface area contributed by atoms with Gasteiger partial charge >= 0.3 is 0 Å². The first-order valence-electron chi connectivity index (χ1n) is 11.9. The van der Waals surface area contributed by atoms with E-state index in [0.29, 0.717) is 40.9 Å². The molecule has 0 radical (unpaired) electrons. The van der Waals surface area contributed by atoms with Crippen molar-refractivity contribution in [2.45, 2.75) is 46.6 Å². The summed E-state index contributed by atoms with van der Waals surface area (Å²) >= 11 is 0. The first-order valence-corrected chi connectivity index (χ1v) is 11.9. The molecule has 3 atom stereocenters. The molecule has 7 nitrogen and oxygen atoms in total. The predicted molar refractivity (Wildman–Crippen MR) is 126 cm³/mol. The van der Waals surface area contributed by atoms with Gasteiger partial charge in [0.1, 0.15) is 17.2 Å². The molecule has 0 bridgehead atoms. The molecule has 3 aromatic rings. The number of ether oxygens (including phenoxy) is 1. The molecule has 33 heavy (non-hydrogen) atoms. The first-order chi connectivity index (χ1) is 15.9. The molecule has 2 saturated heterocycles. The monoisotopic (exact) mass is 453 g/mol. The summed E-state index contributed by atoms with van der Waals surface area (Å²) < 4.78 is 26.2. The van der Waals surface area contributed by atoms with Crippen LogP contribution in [0.4, 0.5) is 10.2 Å². The molecule has 2 aliphatic rings. The van der Waals surface area contributed by atoms with Gasteiger partial charge in [-0.1, -0.05) is 19.0 Å². The SMILES string of the molecule is CCc1cc(F)c2nc(N3C[C@H](C)[C@H](NC[C@@H]4CCOC4)C3)c(-c3nc(C)no3)c(C)c2c1. The zero-order chi connectivity index (χ0) is 23.1. The molecule has 0 aliphatic carbocycles. The minimum absolute atomic E-state index is 0.287. The van der Waals surface area contributed by atoms with E-state index < -0.39 is 0 Å². The predicted octanol–water partition coefficient (Wildman–Crippen LogP) is 4.05. The van der Waals surface area contributed by atoms with Crippen LogP contribution in [0.15, 0.2) is 16.7 Å². The standard InChI is InChI=1S/C25H32FN5O2/c1-5-17-8-19-15(3)22(25-28-16(4)30-33-25)24(29-23(19)20(26)9-17)31-11-14(2)21(12-31)27-10-18-6-7-32-13-18/h8-9,14,18,21,27H,5-7,10-13H2,1-4H3/t14-,18-,21+/m0/s1. The van der Waals surface area contributed by atoms with Gasteiger partial charge in [-0.15, -0.1) is 0 Å². The van der Waals surface area contributed by atoms with Crippen molar-refractivity contribution >= 4 is 16.7 Å². The Hall–Kier alpha value is -2.58. The molecule has 2 aromatic heterocycles. The van der Waals surface area contributed by atoms with Crippen LogP contribution in [-0.2, 0) is 11.2 Å². The number of rotatable bonds is 6. The van der Waals surface area contributed by atoms with E-state index in [1.807, 2.05) is 19.9 Å². The lowest BCUT2D eigenvalue weighted by molar-refractivity contribution is 0.184. The average molecular weight is 454 g/mol. The van der Waals surface area contributed by atoms with Crippen LogP contribution in [0.2, 0.25) is 0 Å². The van der Waals surface area contributed by atoms with Gasteiger partial charge in [-0.25, -0.2) is 9.37 Å². The van der Waals surface area contributed by atoms with Crippen molar-refractivity contribution in [1.82, 2.24) is 20.4 Å². The normalized spacial score (nSPS) is 23.2. The van der Waals surface area contributed by atoms with Crippen LogP contribution in [0.3, 0.4) is 0 Å². The third kappa shape index (κ3) is 4.22. The maximum atomic E-state index is 15.1. The van der Waals surface area contributed by atoms with Gasteiger partial charge in [-0.3, -0.25) is 0 Å². The van der Waals surface area contributed by atoms with Crippen molar-refractivity contribution < 1.29 is 13.7 Å². The lowest BCUT2D eigenvalue weighted by Crippen LogP contribution is -2.38. The Balaban J connectivity index is 1.54. The minimum atomic E-state index is -0.287. The van der Waals surface area contributed by atoms with Crippen molar-refractivity contribution in [1.29, 1.82) is 0 Å². The number of hydrogen-bond donors (Lipinski definition) is 1. The van der Waals surface area contributed by atoms with Crippen molar-refractivity contribution in [2.24, 2.45) is 11.8 Å². The van der Waals surface area contributed by atoms with E-state index in [-0.39, 0.29) is 5.82 Å². The molecular weight excluding hydrogens is 421 g/mol. The number of nitrogens with zero attached hydrogens (tertiary/aromatic N) is 4. The number of halogens is 1. The van der Waals surface area contributed by atoms with E-state index in [1.54, 1.807) is 13.0 Å². The van der Waals surface area contributed by atoms with Gasteiger partial charge in [0.25, 0.3) is 5.89 Å². The van der Waals surface area contributed by atoms with Crippen LogP contribution in [0.5, 0.6) is 0 Å². The summed E-state index contributed by atoms with van der Waals surface area (Å²) in [4.78, 5) is 11.6. The maximum Gasteiger partial charge on any atom is 0.261 e. The van der Waals surface area contributed by atoms with Crippen molar-refractivity contribution in [3.63, 3.8) is 0 Å². The molecule has 0 saturated carbocycles. The van der Waals surface area contributed by atoms with Gasteiger partial charge in [0.15, 0.2) is 5.82 Å². The fraction of sp³-hybridized carbons (Fsp3) is 0.560. The Morgan fingerprint density at radius 3 is 2.76 bits per heavy atom. The summed E-state index contributed by atoms with van der Waals surface area (Å²) in [6, 6.07) is 3.95. The van der Waals surface area contributed by atoms with Crippen molar-refractivity contribution in [2.75, 3.05) is 37.7 Å². The second-order valence-electron chi connectivity index (χ2n) is 9.54. The Labute approximate surface area is 193 Å². The lowest BCUT2D eigenvalue weighted by Gasteiger charge is -2.23. The van der Waals surface area contributed by atoms with E-state index in [0.717, 1.165) is 67.8 Å². The van der Waals surface area contributed by atoms with Gasteiger partial charge in [-0.05, 0) is 61.8 Å². The Morgan fingerprint density at radius 2 is 2.06 bits per heavy atom. The highest BCUT2D eigenvalue weighted by molar-refractivity contribution is 5.93. The molecule has 1 N–H and O–H groups in total. The number of anilines is 1. The molecule has 2 aliphatic heterocycles. The molecule has 8 heteroatoms. The van der Waals surface area contributed by atoms with E-state index >= 15 is 4.39 Å². The number of pyridine rings is 1. The van der Waals surface area contributed by atoms with Crippen LogP contribution in [0.25, 0.3) is 22.4 Å². The summed E-state index contributed by atoms with van der Waals surface area (Å²) in [5.41, 5.74) is 3.06. The maximum absolute atomic E-state index is 15.1. The van der Waals surface area contributed by atoms with E-state index in [4.69, 9.17) is 14.2 Å². The fourth-order valence-electron chi connectivity index (χ4n) is 5.07. The molecule has 1 aromatic carbocycles. The number of hydrogen-bond acceptors (Lipinski definition) is 7. The quantitative estimate of drug-likeness (QED) is 0.603. The molecule has 5 rings (SSSR count). The van der Waals surface area contributed by atoms with Crippen LogP contribution in [0, 0.1) is 31.5 Å². The third-order valence-corrected chi connectivity index (χ3v) is 7.10. The topological polar surface area (TPSA) is 76.3 Å². The summed E-state index contributed by atoms with van der Waals surface area (Å²) in [5, 5.41) is 8.54. The first kappa shape index (κ1) is 22.2. The Bertz CT molecular complexity index is 1160. The Kier molecular flexibility index (Phi) is 6.05. The van der Waals surface area contributed by atoms with Crippen LogP contribution in [0.1, 0.15) is 37.2 Å². The number of aromatic nitrogens is 3. The smallest absolute Gasteiger partial charge is 0.261 e. The molecule has 176 valence electrons. The molecule has 0 unspecified atom stereocenters. The number of aryl methyl sites for hydroxylation is 3. The van der Waals surface area contributed by atoms with E-state index in [9.17, 15) is 0 Å². The highest BCUT2D eigenvalue weighted by Gasteiger charge is 2.34. The van der Waals surface area contributed by atoms with Crippen LogP contribution >= 0.6 is 0 Å². The molecular formula is C25H32FN5O2. The van der Waals surface area contributed by atoms with Gasteiger partial charge in [0.2, 0.25) is 0 Å². The van der Waals surface area contributed by atoms with E-state index in [1.165, 1.54) is 0 Å². The summed E-state index contributed by atoms with van der Waals surface area (Å²) in [5.74, 6) is 2.43. The highest BCUT2D eigenvalue weighted by atomic mass is 19.1. The van der Waals surface area contributed by atoms with Crippen molar-refractivity contribution in [3.8, 4) is 11.5 Å². The molecule has 4 heterocycles. The van der Waals surface area contributed by atoms with Gasteiger partial charge < -0.3 is 19.5 Å². The zero-order valence-electron chi connectivity index (χ0n) is 19.8. The van der Waals surface area contributed by atoms with Gasteiger partial charge in [0.05, 0.1) is 12.2 Å². The molecule has 2 fully saturated rings. The van der Waals surface area contributed by atoms with Crippen LogP contribution < -0.4 is 10.2 Å². The number of fused-ring (bicyclic) bond motifs is 1. The second kappa shape index (κ2) is 8.99. The minimum Gasteiger partial charge on any atom is -0.381 e. The zero-order valence-corrected chi connectivity index (χ0v) is 19.8. The lowest BCUT2D eigenvalue weighted by atomic mass is 10.00. The van der Waals surface area contributed by atoms with Gasteiger partial charge in [-0.2, -0.15) is 4.98 Å². The third-order valence-electron chi connectivity index (χ3n) is 7.10. The molecule has 0 amide bonds. The highest BCUT2D eigenvalue weighted by Crippen LogP contribution is 2.39. The summed E-state index contributed by atoms with van der Waals surface area (Å²) in [6.07, 6.45) is 1.87. The largest absolute Gasteiger partial charge is 0.381 e. The Morgan fingerprint density at radius 1 is 1.21 bits per heavy atom. The average Bonchev–Trinajstić information content (AvgIpc) is 3.54. The second-order valence-corrected chi connectivity index (χ2v) is 9.54. The molecule has 0 spiro atoms. The number of nitrogens with one attached hydrogen (secondary N) is 1. The van der Waals surface area contributed by atoms with Crippen molar-refractivity contribution in [3.05, 3.63) is 34.9 Å². The van der Waals surface area contributed by atoms with Gasteiger partial charge in [0, 0.05) is 37.7 Å². The summed E-state index contributed by atoms with van der Waals surface area (Å²) in [7, 11) is 0.